The molecule has 3 rings (SSSR count). The topological polar surface area (TPSA) is 83.6 Å². The number of thioether (sulfide) groups is 1. The number of nitrogens with one attached hydrogen (secondary N) is 1. The van der Waals surface area contributed by atoms with Crippen LogP contribution < -0.4 is 10.2 Å². The Hall–Kier alpha value is -1.84. The van der Waals surface area contributed by atoms with Crippen LogP contribution in [0.4, 0.5) is 11.4 Å². The molecule has 0 atom stereocenters. The highest BCUT2D eigenvalue weighted by atomic mass is 79.9. The van der Waals surface area contributed by atoms with E-state index in [0.29, 0.717) is 35.2 Å². The summed E-state index contributed by atoms with van der Waals surface area (Å²) in [6.07, 6.45) is 2.83. The Labute approximate surface area is 189 Å². The molecule has 9 heteroatoms. The number of rotatable bonds is 7. The minimum absolute atomic E-state index is 0.0359. The molecule has 0 unspecified atom stereocenters. The summed E-state index contributed by atoms with van der Waals surface area (Å²) in [6.45, 7) is 2.33. The zero-order valence-corrected chi connectivity index (χ0v) is 20.0. The van der Waals surface area contributed by atoms with Crippen molar-refractivity contribution in [2.24, 2.45) is 0 Å². The van der Waals surface area contributed by atoms with E-state index in [1.807, 2.05) is 24.5 Å². The number of amides is 2. The summed E-state index contributed by atoms with van der Waals surface area (Å²) < 4.78 is 26.3. The number of halogens is 1. The molecule has 0 aliphatic carbocycles. The maximum Gasteiger partial charge on any atom is 0.226 e. The predicted molar refractivity (Wildman–Crippen MR) is 124 cm³/mol. The third-order valence-electron chi connectivity index (χ3n) is 4.92. The monoisotopic (exact) mass is 510 g/mol. The Bertz CT molecular complexity index is 1090. The highest BCUT2D eigenvalue weighted by Gasteiger charge is 2.28. The molecule has 0 saturated heterocycles. The van der Waals surface area contributed by atoms with E-state index in [2.05, 4.69) is 21.2 Å². The van der Waals surface area contributed by atoms with Gasteiger partial charge in [-0.15, -0.1) is 11.8 Å². The lowest BCUT2D eigenvalue weighted by Crippen LogP contribution is -2.28. The number of carbonyl (C=O) groups excluding carboxylic acids is 2. The van der Waals surface area contributed by atoms with Gasteiger partial charge in [0.1, 0.15) is 0 Å². The number of anilines is 2. The second-order valence-corrected chi connectivity index (χ2v) is 10.7. The normalized spacial score (nSPS) is 13.2. The second-order valence-electron chi connectivity index (χ2n) is 6.91. The van der Waals surface area contributed by atoms with Crippen molar-refractivity contribution >= 4 is 60.7 Å². The van der Waals surface area contributed by atoms with Gasteiger partial charge in [-0.2, -0.15) is 0 Å². The van der Waals surface area contributed by atoms with Crippen molar-refractivity contribution in [3.05, 3.63) is 46.4 Å². The molecular formula is C21H23BrN2O4S2. The highest BCUT2D eigenvalue weighted by Crippen LogP contribution is 2.36. The average molecular weight is 511 g/mol. The smallest absolute Gasteiger partial charge is 0.226 e. The molecule has 30 heavy (non-hydrogen) atoms. The van der Waals surface area contributed by atoms with Crippen LogP contribution in [0, 0.1) is 0 Å². The van der Waals surface area contributed by atoms with Gasteiger partial charge in [0.2, 0.25) is 11.8 Å². The van der Waals surface area contributed by atoms with Crippen LogP contribution in [0.2, 0.25) is 0 Å². The first-order valence-corrected chi connectivity index (χ1v) is 13.2. The van der Waals surface area contributed by atoms with Crippen LogP contribution >= 0.6 is 27.7 Å². The van der Waals surface area contributed by atoms with Crippen LogP contribution in [0.25, 0.3) is 0 Å². The number of carbonyl (C=O) groups is 2. The minimum Gasteiger partial charge on any atom is -0.326 e. The number of fused-ring (bicyclic) bond motifs is 1. The quantitative estimate of drug-likeness (QED) is 0.562. The van der Waals surface area contributed by atoms with Gasteiger partial charge in [0.05, 0.1) is 10.6 Å². The van der Waals surface area contributed by atoms with Gasteiger partial charge in [0.25, 0.3) is 0 Å². The first-order valence-electron chi connectivity index (χ1n) is 9.54. The number of hydrogen-bond donors (Lipinski definition) is 1. The van der Waals surface area contributed by atoms with Crippen molar-refractivity contribution in [1.29, 1.82) is 0 Å². The zero-order valence-electron chi connectivity index (χ0n) is 16.8. The summed E-state index contributed by atoms with van der Waals surface area (Å²) in [7, 11) is -3.72. The van der Waals surface area contributed by atoms with Crippen LogP contribution in [0.3, 0.4) is 0 Å². The molecule has 1 aliphatic heterocycles. The fourth-order valence-corrected chi connectivity index (χ4v) is 6.25. The molecule has 1 aliphatic rings. The Balaban J connectivity index is 1.74. The van der Waals surface area contributed by atoms with Crippen LogP contribution in [-0.2, 0) is 25.8 Å². The number of sulfone groups is 1. The SMILES string of the molecule is CCC(=O)N1CCc2cc(Br)c(S(=O)(=O)CCC(=O)Nc3cccc(SC)c3)cc21. The van der Waals surface area contributed by atoms with Crippen LogP contribution in [0.1, 0.15) is 25.3 Å². The van der Waals surface area contributed by atoms with Gasteiger partial charge < -0.3 is 10.2 Å². The molecule has 2 aromatic rings. The van der Waals surface area contributed by atoms with E-state index in [1.165, 1.54) is 0 Å². The van der Waals surface area contributed by atoms with Crippen molar-refractivity contribution in [3.63, 3.8) is 0 Å². The van der Waals surface area contributed by atoms with Gasteiger partial charge in [-0.1, -0.05) is 13.0 Å². The summed E-state index contributed by atoms with van der Waals surface area (Å²) in [5.74, 6) is -0.719. The fraction of sp³-hybridized carbons (Fsp3) is 0.333. The van der Waals surface area contributed by atoms with Gasteiger partial charge in [0, 0.05) is 40.1 Å². The third kappa shape index (κ3) is 5.07. The van der Waals surface area contributed by atoms with Crippen molar-refractivity contribution < 1.29 is 18.0 Å². The van der Waals surface area contributed by atoms with Crippen LogP contribution in [0.5, 0.6) is 0 Å². The molecule has 0 saturated carbocycles. The average Bonchev–Trinajstić information content (AvgIpc) is 3.14. The summed E-state index contributed by atoms with van der Waals surface area (Å²) >= 11 is 4.91. The van der Waals surface area contributed by atoms with Crippen LogP contribution in [-0.4, -0.2) is 38.8 Å². The van der Waals surface area contributed by atoms with E-state index in [1.54, 1.807) is 41.8 Å². The van der Waals surface area contributed by atoms with E-state index in [-0.39, 0.29) is 28.9 Å². The standard InChI is InChI=1S/C21H23BrN2O4S2/c1-3-21(26)24-9-7-14-11-17(22)19(13-18(14)24)30(27,28)10-8-20(25)23-15-5-4-6-16(12-15)29-2/h4-6,11-13H,3,7-10H2,1-2H3,(H,23,25). The molecule has 0 aromatic heterocycles. The largest absolute Gasteiger partial charge is 0.326 e. The second kappa shape index (κ2) is 9.53. The van der Waals surface area contributed by atoms with E-state index in [9.17, 15) is 18.0 Å². The molecule has 2 aromatic carbocycles. The zero-order chi connectivity index (χ0) is 21.9. The molecule has 2 amide bonds. The molecule has 160 valence electrons. The van der Waals surface area contributed by atoms with Gasteiger partial charge in [-0.25, -0.2) is 8.42 Å². The summed E-state index contributed by atoms with van der Waals surface area (Å²) in [5.41, 5.74) is 2.22. The van der Waals surface area contributed by atoms with Crippen molar-refractivity contribution in [2.75, 3.05) is 28.8 Å². The molecule has 1 N–H and O–H groups in total. The number of benzene rings is 2. The molecule has 0 fully saturated rings. The molecule has 0 spiro atoms. The van der Waals surface area contributed by atoms with E-state index in [0.717, 1.165) is 10.5 Å². The van der Waals surface area contributed by atoms with Gasteiger partial charge >= 0.3 is 0 Å². The molecule has 0 bridgehead atoms. The lowest BCUT2D eigenvalue weighted by molar-refractivity contribution is -0.118. The van der Waals surface area contributed by atoms with E-state index in [4.69, 9.17) is 0 Å². The molecule has 1 heterocycles. The Morgan fingerprint density at radius 3 is 2.70 bits per heavy atom. The Kier molecular flexibility index (Phi) is 7.26. The Morgan fingerprint density at radius 2 is 2.00 bits per heavy atom. The first-order chi connectivity index (χ1) is 14.2. The van der Waals surface area contributed by atoms with Crippen LogP contribution in [0.15, 0.2) is 50.7 Å². The maximum atomic E-state index is 12.9. The van der Waals surface area contributed by atoms with Crippen molar-refractivity contribution in [3.8, 4) is 0 Å². The van der Waals surface area contributed by atoms with Gasteiger partial charge in [0.15, 0.2) is 9.84 Å². The predicted octanol–water partition coefficient (Wildman–Crippen LogP) is 4.27. The number of hydrogen-bond acceptors (Lipinski definition) is 5. The summed E-state index contributed by atoms with van der Waals surface area (Å²) in [4.78, 5) is 27.2. The van der Waals surface area contributed by atoms with E-state index < -0.39 is 9.84 Å². The Morgan fingerprint density at radius 1 is 1.23 bits per heavy atom. The fourth-order valence-electron chi connectivity index (χ4n) is 3.34. The minimum atomic E-state index is -3.72. The number of nitrogens with zero attached hydrogens (tertiary/aromatic N) is 1. The van der Waals surface area contributed by atoms with Crippen molar-refractivity contribution in [2.45, 2.75) is 36.0 Å². The van der Waals surface area contributed by atoms with Gasteiger partial charge in [-0.05, 0) is 64.5 Å². The third-order valence-corrected chi connectivity index (χ3v) is 8.31. The molecular weight excluding hydrogens is 488 g/mol. The van der Waals surface area contributed by atoms with E-state index >= 15 is 0 Å². The van der Waals surface area contributed by atoms with Gasteiger partial charge in [-0.3, -0.25) is 9.59 Å². The summed E-state index contributed by atoms with van der Waals surface area (Å²) in [5, 5.41) is 2.75. The highest BCUT2D eigenvalue weighted by molar-refractivity contribution is 9.10. The maximum absolute atomic E-state index is 12.9. The van der Waals surface area contributed by atoms with Crippen molar-refractivity contribution in [1.82, 2.24) is 0 Å². The lowest BCUT2D eigenvalue weighted by atomic mass is 10.2. The molecule has 0 radical (unpaired) electrons. The first kappa shape index (κ1) is 22.8. The lowest BCUT2D eigenvalue weighted by Gasteiger charge is -2.18. The summed E-state index contributed by atoms with van der Waals surface area (Å²) in [6, 6.07) is 10.7. The molecule has 6 nitrogen and oxygen atoms in total.